The number of thioether (sulfide) groups is 1. The molecule has 1 amide bonds. The van der Waals surface area contributed by atoms with E-state index in [1.165, 1.54) is 6.20 Å². The summed E-state index contributed by atoms with van der Waals surface area (Å²) in [5, 5.41) is 0. The Kier molecular flexibility index (Phi) is 5.27. The predicted molar refractivity (Wildman–Crippen MR) is 89.6 cm³/mol. The summed E-state index contributed by atoms with van der Waals surface area (Å²) in [4.78, 5) is 18.5. The quantitative estimate of drug-likeness (QED) is 0.829. The Morgan fingerprint density at radius 1 is 1.41 bits per heavy atom. The first-order valence-electron chi connectivity index (χ1n) is 6.72. The Hall–Kier alpha value is -2.21. The second-order valence-electron chi connectivity index (χ2n) is 4.80. The lowest BCUT2D eigenvalue weighted by molar-refractivity contribution is 0.100. The highest BCUT2D eigenvalue weighted by Gasteiger charge is 2.13. The topological polar surface area (TPSA) is 68.4 Å². The molecular formula is C16H19N3O2S. The zero-order valence-electron chi connectivity index (χ0n) is 12.9. The predicted octanol–water partition coefficient (Wildman–Crippen LogP) is 2.55. The zero-order chi connectivity index (χ0) is 16.1. The highest BCUT2D eigenvalue weighted by atomic mass is 32.2. The number of ether oxygens (including phenoxy) is 1. The number of amides is 1. The maximum absolute atomic E-state index is 11.5. The number of carbonyl (C=O) groups is 1. The van der Waals surface area contributed by atoms with E-state index in [4.69, 9.17) is 10.5 Å². The van der Waals surface area contributed by atoms with Gasteiger partial charge in [-0.05, 0) is 30.0 Å². The molecule has 0 fully saturated rings. The molecule has 6 heteroatoms. The minimum absolute atomic E-state index is 0.415. The van der Waals surface area contributed by atoms with Crippen LogP contribution < -0.4 is 15.4 Å². The van der Waals surface area contributed by atoms with E-state index in [1.54, 1.807) is 31.1 Å². The maximum atomic E-state index is 11.5. The molecule has 0 saturated carbocycles. The van der Waals surface area contributed by atoms with Crippen LogP contribution in [0.2, 0.25) is 0 Å². The molecule has 0 saturated heterocycles. The number of rotatable bonds is 6. The summed E-state index contributed by atoms with van der Waals surface area (Å²) < 4.78 is 5.40. The standard InChI is InChI=1S/C16H19N3O2S/c1-19(13-6-7-18-9-12(13)16(17)20)10-11-4-5-15(22-3)14(8-11)21-2/h4-9H,10H2,1-3H3,(H2,17,20). The van der Waals surface area contributed by atoms with Gasteiger partial charge in [0.1, 0.15) is 5.75 Å². The van der Waals surface area contributed by atoms with Crippen molar-refractivity contribution in [1.29, 1.82) is 0 Å². The van der Waals surface area contributed by atoms with Gasteiger partial charge < -0.3 is 15.4 Å². The summed E-state index contributed by atoms with van der Waals surface area (Å²) in [5.74, 6) is 0.369. The van der Waals surface area contributed by atoms with E-state index >= 15 is 0 Å². The van der Waals surface area contributed by atoms with Crippen LogP contribution in [0.15, 0.2) is 41.6 Å². The van der Waals surface area contributed by atoms with Gasteiger partial charge in [-0.1, -0.05) is 6.07 Å². The van der Waals surface area contributed by atoms with Gasteiger partial charge in [0.2, 0.25) is 0 Å². The van der Waals surface area contributed by atoms with Gasteiger partial charge in [0.15, 0.2) is 0 Å². The first-order valence-corrected chi connectivity index (χ1v) is 7.95. The number of anilines is 1. The SMILES string of the molecule is COc1cc(CN(C)c2ccncc2C(N)=O)ccc1SC. The molecule has 0 aliphatic heterocycles. The zero-order valence-corrected chi connectivity index (χ0v) is 13.7. The Bertz CT molecular complexity index is 676. The molecule has 2 N–H and O–H groups in total. The molecule has 0 bridgehead atoms. The van der Waals surface area contributed by atoms with Crippen molar-refractivity contribution in [3.63, 3.8) is 0 Å². The average Bonchev–Trinajstić information content (AvgIpc) is 2.54. The maximum Gasteiger partial charge on any atom is 0.252 e. The molecule has 22 heavy (non-hydrogen) atoms. The minimum atomic E-state index is -0.481. The first-order chi connectivity index (χ1) is 10.6. The molecule has 0 aliphatic carbocycles. The number of hydrogen-bond acceptors (Lipinski definition) is 5. The largest absolute Gasteiger partial charge is 0.496 e. The van der Waals surface area contributed by atoms with Crippen LogP contribution in [-0.2, 0) is 6.54 Å². The molecule has 0 aliphatic rings. The Balaban J connectivity index is 2.26. The smallest absolute Gasteiger partial charge is 0.252 e. The van der Waals surface area contributed by atoms with E-state index in [0.29, 0.717) is 12.1 Å². The van der Waals surface area contributed by atoms with E-state index in [-0.39, 0.29) is 0 Å². The van der Waals surface area contributed by atoms with E-state index in [0.717, 1.165) is 21.9 Å². The van der Waals surface area contributed by atoms with Crippen molar-refractivity contribution in [2.24, 2.45) is 5.73 Å². The minimum Gasteiger partial charge on any atom is -0.496 e. The fourth-order valence-electron chi connectivity index (χ4n) is 2.25. The van der Waals surface area contributed by atoms with Crippen LogP contribution in [0, 0.1) is 0 Å². The molecule has 116 valence electrons. The molecule has 0 atom stereocenters. The average molecular weight is 317 g/mol. The number of nitrogens with zero attached hydrogens (tertiary/aromatic N) is 2. The summed E-state index contributed by atoms with van der Waals surface area (Å²) in [6, 6.07) is 7.88. The lowest BCUT2D eigenvalue weighted by Crippen LogP contribution is -2.22. The monoisotopic (exact) mass is 317 g/mol. The number of benzene rings is 1. The summed E-state index contributed by atoms with van der Waals surface area (Å²) in [5.41, 5.74) is 7.66. The van der Waals surface area contributed by atoms with Crippen LogP contribution in [0.5, 0.6) is 5.75 Å². The van der Waals surface area contributed by atoms with Crippen LogP contribution in [0.4, 0.5) is 5.69 Å². The van der Waals surface area contributed by atoms with Gasteiger partial charge in [-0.3, -0.25) is 9.78 Å². The summed E-state index contributed by atoms with van der Waals surface area (Å²) >= 11 is 1.64. The molecule has 2 aromatic rings. The van der Waals surface area contributed by atoms with Gasteiger partial charge >= 0.3 is 0 Å². The first kappa shape index (κ1) is 16.2. The van der Waals surface area contributed by atoms with Gasteiger partial charge in [0, 0.05) is 30.9 Å². The molecular weight excluding hydrogens is 298 g/mol. The molecule has 0 unspecified atom stereocenters. The van der Waals surface area contributed by atoms with E-state index in [2.05, 4.69) is 11.1 Å². The van der Waals surface area contributed by atoms with Gasteiger partial charge in [-0.15, -0.1) is 11.8 Å². The Morgan fingerprint density at radius 2 is 2.18 bits per heavy atom. The van der Waals surface area contributed by atoms with Crippen molar-refractivity contribution in [3.8, 4) is 5.75 Å². The molecule has 1 heterocycles. The van der Waals surface area contributed by atoms with Crippen molar-refractivity contribution >= 4 is 23.4 Å². The fourth-order valence-corrected chi connectivity index (χ4v) is 2.80. The summed E-state index contributed by atoms with van der Waals surface area (Å²) in [7, 11) is 3.58. The second-order valence-corrected chi connectivity index (χ2v) is 5.65. The normalized spacial score (nSPS) is 10.3. The van der Waals surface area contributed by atoms with Gasteiger partial charge in [-0.25, -0.2) is 0 Å². The number of aromatic nitrogens is 1. The fraction of sp³-hybridized carbons (Fsp3) is 0.250. The number of primary amides is 1. The highest BCUT2D eigenvalue weighted by molar-refractivity contribution is 7.98. The van der Waals surface area contributed by atoms with Crippen molar-refractivity contribution in [2.45, 2.75) is 11.4 Å². The van der Waals surface area contributed by atoms with Gasteiger partial charge in [-0.2, -0.15) is 0 Å². The molecule has 1 aromatic heterocycles. The van der Waals surface area contributed by atoms with E-state index in [1.807, 2.05) is 30.3 Å². The third kappa shape index (κ3) is 3.51. The summed E-state index contributed by atoms with van der Waals surface area (Å²) in [6.45, 7) is 0.634. The Morgan fingerprint density at radius 3 is 2.82 bits per heavy atom. The third-order valence-corrected chi connectivity index (χ3v) is 4.12. The highest BCUT2D eigenvalue weighted by Crippen LogP contribution is 2.29. The molecule has 5 nitrogen and oxygen atoms in total. The number of methoxy groups -OCH3 is 1. The molecule has 1 aromatic carbocycles. The van der Waals surface area contributed by atoms with Gasteiger partial charge in [0.25, 0.3) is 5.91 Å². The van der Waals surface area contributed by atoms with Crippen LogP contribution >= 0.6 is 11.8 Å². The Labute approximate surface area is 134 Å². The van der Waals surface area contributed by atoms with Crippen molar-refractivity contribution in [3.05, 3.63) is 47.8 Å². The number of pyridine rings is 1. The van der Waals surface area contributed by atoms with Gasteiger partial charge in [0.05, 0.1) is 18.4 Å². The lowest BCUT2D eigenvalue weighted by atomic mass is 10.1. The van der Waals surface area contributed by atoms with E-state index < -0.39 is 5.91 Å². The van der Waals surface area contributed by atoms with Crippen LogP contribution in [0.1, 0.15) is 15.9 Å². The number of hydrogen-bond donors (Lipinski definition) is 1. The van der Waals surface area contributed by atoms with Crippen molar-refractivity contribution in [2.75, 3.05) is 25.3 Å². The van der Waals surface area contributed by atoms with E-state index in [9.17, 15) is 4.79 Å². The third-order valence-electron chi connectivity index (χ3n) is 3.34. The van der Waals surface area contributed by atoms with Crippen LogP contribution in [0.3, 0.4) is 0 Å². The molecule has 2 rings (SSSR count). The summed E-state index contributed by atoms with van der Waals surface area (Å²) in [6.07, 6.45) is 5.15. The van der Waals surface area contributed by atoms with Crippen molar-refractivity contribution in [1.82, 2.24) is 4.98 Å². The van der Waals surface area contributed by atoms with Crippen LogP contribution in [-0.4, -0.2) is 31.3 Å². The molecule has 0 spiro atoms. The molecule has 0 radical (unpaired) electrons. The number of nitrogens with two attached hydrogens (primary N) is 1. The van der Waals surface area contributed by atoms with Crippen LogP contribution in [0.25, 0.3) is 0 Å². The van der Waals surface area contributed by atoms with Crippen molar-refractivity contribution < 1.29 is 9.53 Å². The second kappa shape index (κ2) is 7.17. The number of carbonyl (C=O) groups excluding carboxylic acids is 1. The lowest BCUT2D eigenvalue weighted by Gasteiger charge is -2.21.